The van der Waals surface area contributed by atoms with Gasteiger partial charge in [0.15, 0.2) is 11.9 Å². The molecule has 0 saturated heterocycles. The van der Waals surface area contributed by atoms with Crippen LogP contribution in [0.2, 0.25) is 0 Å². The number of benzene rings is 2. The molecule has 0 fully saturated rings. The average molecular weight is 427 g/mol. The minimum Gasteiger partial charge on any atom is -0.462 e. The van der Waals surface area contributed by atoms with Crippen molar-refractivity contribution in [3.63, 3.8) is 0 Å². The lowest BCUT2D eigenvalue weighted by molar-refractivity contribution is -0.129. The summed E-state index contributed by atoms with van der Waals surface area (Å²) in [6.45, 7) is 5.07. The molecular formula is C22H22FN3O5. The van der Waals surface area contributed by atoms with Crippen LogP contribution < -0.4 is 10.9 Å². The number of hydrogen-bond donors (Lipinski definition) is 2. The maximum absolute atomic E-state index is 14.6. The van der Waals surface area contributed by atoms with Gasteiger partial charge < -0.3 is 15.2 Å². The predicted molar refractivity (Wildman–Crippen MR) is 112 cm³/mol. The lowest BCUT2D eigenvalue weighted by atomic mass is 9.98. The first-order valence-corrected chi connectivity index (χ1v) is 9.61. The highest BCUT2D eigenvalue weighted by atomic mass is 19.1. The third-order valence-electron chi connectivity index (χ3n) is 4.95. The zero-order valence-corrected chi connectivity index (χ0v) is 17.5. The first kappa shape index (κ1) is 22.1. The maximum atomic E-state index is 14.6. The van der Waals surface area contributed by atoms with Gasteiger partial charge in [-0.3, -0.25) is 14.2 Å². The molecule has 3 rings (SSSR count). The van der Waals surface area contributed by atoms with Gasteiger partial charge in [-0.05, 0) is 50.1 Å². The zero-order chi connectivity index (χ0) is 22.9. The van der Waals surface area contributed by atoms with Crippen LogP contribution in [0.4, 0.5) is 4.39 Å². The lowest BCUT2D eigenvalue weighted by Gasteiger charge is -2.19. The topological polar surface area (TPSA) is 111 Å². The Kier molecular flexibility index (Phi) is 6.16. The summed E-state index contributed by atoms with van der Waals surface area (Å²) in [5, 5.41) is 12.9. The fourth-order valence-electron chi connectivity index (χ4n) is 3.53. The van der Waals surface area contributed by atoms with Gasteiger partial charge in [-0.1, -0.05) is 12.1 Å². The summed E-state index contributed by atoms with van der Waals surface area (Å²) in [4.78, 5) is 42.4. The molecule has 1 atom stereocenters. The fraction of sp³-hybridized carbons (Fsp3) is 0.273. The van der Waals surface area contributed by atoms with Crippen LogP contribution in [-0.4, -0.2) is 40.2 Å². The Morgan fingerprint density at radius 1 is 1.29 bits per heavy atom. The Hall–Kier alpha value is -3.59. The number of nitrogens with one attached hydrogen (secondary N) is 1. The maximum Gasteiger partial charge on any atom is 0.338 e. The summed E-state index contributed by atoms with van der Waals surface area (Å²) in [7, 11) is 1.32. The van der Waals surface area contributed by atoms with Gasteiger partial charge in [-0.2, -0.15) is 0 Å². The molecule has 8 nitrogen and oxygen atoms in total. The molecule has 0 bridgehead atoms. The van der Waals surface area contributed by atoms with Gasteiger partial charge in [0.2, 0.25) is 0 Å². The first-order chi connectivity index (χ1) is 14.7. The smallest absolute Gasteiger partial charge is 0.338 e. The quantitative estimate of drug-likeness (QED) is 0.604. The van der Waals surface area contributed by atoms with Crippen LogP contribution >= 0.6 is 0 Å². The number of para-hydroxylation sites is 1. The van der Waals surface area contributed by atoms with Gasteiger partial charge in [0.05, 0.1) is 28.8 Å². The van der Waals surface area contributed by atoms with Gasteiger partial charge in [0.1, 0.15) is 5.82 Å². The number of aromatic nitrogens is 2. The number of likely N-dealkylation sites (N-methyl/N-ethyl adjacent to an activating group) is 1. The van der Waals surface area contributed by atoms with Crippen LogP contribution in [0.25, 0.3) is 16.6 Å². The summed E-state index contributed by atoms with van der Waals surface area (Å²) in [6.07, 6.45) is -1.83. The normalized spacial score (nSPS) is 11.9. The number of halogens is 1. The van der Waals surface area contributed by atoms with E-state index < -0.39 is 29.4 Å². The second kappa shape index (κ2) is 8.65. The SMILES string of the molecule is CCOC(=O)c1c(C)cc2nc(C(O)C(=O)NC)n(-c3ccccc3F)c(=O)c2c1C. The Morgan fingerprint density at radius 2 is 1.97 bits per heavy atom. The standard InChI is InChI=1S/C22H22FN3O5/c1-5-31-22(30)16-11(2)10-14-17(12(16)3)21(29)26(15-9-7-6-8-13(15)23)19(25-14)18(27)20(28)24-4/h6-10,18,27H,5H2,1-4H3,(H,24,28). The third kappa shape index (κ3) is 3.79. The number of carbonyl (C=O) groups is 2. The minimum atomic E-state index is -1.83. The van der Waals surface area contributed by atoms with Crippen molar-refractivity contribution in [1.82, 2.24) is 14.9 Å². The van der Waals surface area contributed by atoms with E-state index in [1.54, 1.807) is 20.8 Å². The number of amides is 1. The van der Waals surface area contributed by atoms with E-state index in [-0.39, 0.29) is 34.6 Å². The molecule has 2 N–H and O–H groups in total. The van der Waals surface area contributed by atoms with E-state index in [2.05, 4.69) is 10.3 Å². The lowest BCUT2D eigenvalue weighted by Crippen LogP contribution is -2.33. The Bertz CT molecular complexity index is 1250. The van der Waals surface area contributed by atoms with Gasteiger partial charge in [0, 0.05) is 7.05 Å². The Balaban J connectivity index is 2.47. The number of aryl methyl sites for hydroxylation is 2. The summed E-state index contributed by atoms with van der Waals surface area (Å²) in [5.41, 5.74) is 0.302. The predicted octanol–water partition coefficient (Wildman–Crippen LogP) is 2.10. The number of esters is 1. The molecule has 1 amide bonds. The molecule has 1 unspecified atom stereocenters. The van der Waals surface area contributed by atoms with E-state index in [9.17, 15) is 23.9 Å². The molecule has 31 heavy (non-hydrogen) atoms. The molecule has 0 aliphatic rings. The monoisotopic (exact) mass is 427 g/mol. The molecule has 0 aliphatic heterocycles. The molecule has 162 valence electrons. The van der Waals surface area contributed by atoms with Gasteiger partial charge in [0.25, 0.3) is 11.5 Å². The molecule has 2 aromatic carbocycles. The molecule has 1 aromatic heterocycles. The molecule has 3 aromatic rings. The fourth-order valence-corrected chi connectivity index (χ4v) is 3.53. The molecule has 1 heterocycles. The largest absolute Gasteiger partial charge is 0.462 e. The second-order valence-corrected chi connectivity index (χ2v) is 6.89. The Morgan fingerprint density at radius 3 is 2.58 bits per heavy atom. The van der Waals surface area contributed by atoms with Crippen LogP contribution in [0.1, 0.15) is 40.3 Å². The minimum absolute atomic E-state index is 0.0600. The van der Waals surface area contributed by atoms with E-state index in [0.29, 0.717) is 11.1 Å². The highest BCUT2D eigenvalue weighted by molar-refractivity contribution is 5.99. The van der Waals surface area contributed by atoms with Crippen LogP contribution in [0.15, 0.2) is 35.1 Å². The molecule has 0 spiro atoms. The number of aliphatic hydroxyl groups excluding tert-OH is 1. The van der Waals surface area contributed by atoms with Crippen molar-refractivity contribution in [2.45, 2.75) is 26.9 Å². The van der Waals surface area contributed by atoms with Gasteiger partial charge in [-0.25, -0.2) is 14.2 Å². The second-order valence-electron chi connectivity index (χ2n) is 6.89. The third-order valence-corrected chi connectivity index (χ3v) is 4.95. The van der Waals surface area contributed by atoms with Gasteiger partial charge in [-0.15, -0.1) is 0 Å². The average Bonchev–Trinajstić information content (AvgIpc) is 2.73. The van der Waals surface area contributed by atoms with Crippen LogP contribution in [-0.2, 0) is 9.53 Å². The number of ether oxygens (including phenoxy) is 1. The van der Waals surface area contributed by atoms with E-state index in [0.717, 1.165) is 10.6 Å². The molecule has 9 heteroatoms. The first-order valence-electron chi connectivity index (χ1n) is 9.61. The Labute approximate surface area is 177 Å². The highest BCUT2D eigenvalue weighted by Crippen LogP contribution is 2.26. The van der Waals surface area contributed by atoms with Gasteiger partial charge >= 0.3 is 5.97 Å². The number of fused-ring (bicyclic) bond motifs is 1. The molecule has 0 saturated carbocycles. The van der Waals surface area contributed by atoms with Crippen LogP contribution in [0.5, 0.6) is 0 Å². The van der Waals surface area contributed by atoms with Crippen molar-refractivity contribution in [2.24, 2.45) is 0 Å². The number of nitrogens with zero attached hydrogens (tertiary/aromatic N) is 2. The number of hydrogen-bond acceptors (Lipinski definition) is 6. The van der Waals surface area contributed by atoms with Crippen molar-refractivity contribution in [3.05, 3.63) is 69.0 Å². The molecule has 0 radical (unpaired) electrons. The van der Waals surface area contributed by atoms with Crippen molar-refractivity contribution in [3.8, 4) is 5.69 Å². The highest BCUT2D eigenvalue weighted by Gasteiger charge is 2.27. The number of aliphatic hydroxyl groups is 1. The van der Waals surface area contributed by atoms with Crippen molar-refractivity contribution in [1.29, 1.82) is 0 Å². The number of rotatable bonds is 5. The molecule has 0 aliphatic carbocycles. The van der Waals surface area contributed by atoms with E-state index in [1.165, 1.54) is 31.3 Å². The van der Waals surface area contributed by atoms with E-state index in [1.807, 2.05) is 0 Å². The van der Waals surface area contributed by atoms with Crippen LogP contribution in [0, 0.1) is 19.7 Å². The van der Waals surface area contributed by atoms with Crippen molar-refractivity contribution < 1.29 is 23.8 Å². The van der Waals surface area contributed by atoms with Crippen LogP contribution in [0.3, 0.4) is 0 Å². The van der Waals surface area contributed by atoms with Crippen molar-refractivity contribution in [2.75, 3.05) is 13.7 Å². The summed E-state index contributed by atoms with van der Waals surface area (Å²) >= 11 is 0. The summed E-state index contributed by atoms with van der Waals surface area (Å²) < 4.78 is 20.6. The molecular weight excluding hydrogens is 405 g/mol. The summed E-state index contributed by atoms with van der Waals surface area (Å²) in [5.74, 6) is -2.49. The van der Waals surface area contributed by atoms with E-state index in [4.69, 9.17) is 4.74 Å². The van der Waals surface area contributed by atoms with E-state index >= 15 is 0 Å². The zero-order valence-electron chi connectivity index (χ0n) is 17.5. The number of carbonyl (C=O) groups excluding carboxylic acids is 2. The summed E-state index contributed by atoms with van der Waals surface area (Å²) in [6, 6.07) is 6.94. The van der Waals surface area contributed by atoms with Crippen molar-refractivity contribution >= 4 is 22.8 Å².